The van der Waals surface area contributed by atoms with Crippen LogP contribution in [0.1, 0.15) is 29.9 Å². The first-order valence-corrected chi connectivity index (χ1v) is 8.48. The van der Waals surface area contributed by atoms with Crippen LogP contribution in [0.3, 0.4) is 0 Å². The highest BCUT2D eigenvalue weighted by Crippen LogP contribution is 2.37. The highest BCUT2D eigenvalue weighted by Gasteiger charge is 2.37. The molecule has 0 amide bonds. The number of hydrogen-bond acceptors (Lipinski definition) is 7. The molecule has 9 heteroatoms. The van der Waals surface area contributed by atoms with E-state index in [1.807, 2.05) is 13.0 Å². The SMILES string of the molecule is C[C@H]1C[C@@H](OC(=O)c2ccccc2)O[C@H]1n1cnc2c(Cl)nc(N)nc21. The topological polar surface area (TPSA) is 105 Å². The van der Waals surface area contributed by atoms with Gasteiger partial charge in [0, 0.05) is 12.3 Å². The summed E-state index contributed by atoms with van der Waals surface area (Å²) in [4.78, 5) is 24.6. The number of imidazole rings is 1. The van der Waals surface area contributed by atoms with Gasteiger partial charge in [-0.25, -0.2) is 9.78 Å². The fourth-order valence-electron chi connectivity index (χ4n) is 3.03. The van der Waals surface area contributed by atoms with E-state index in [0.29, 0.717) is 23.1 Å². The summed E-state index contributed by atoms with van der Waals surface area (Å²) in [5, 5.41) is 0.184. The van der Waals surface area contributed by atoms with Gasteiger partial charge in [-0.05, 0) is 12.1 Å². The number of ether oxygens (including phenoxy) is 2. The highest BCUT2D eigenvalue weighted by atomic mass is 35.5. The molecular formula is C17H16ClN5O3. The van der Waals surface area contributed by atoms with Crippen LogP contribution in [0.15, 0.2) is 36.7 Å². The zero-order valence-electron chi connectivity index (χ0n) is 13.9. The van der Waals surface area contributed by atoms with Crippen LogP contribution in [0, 0.1) is 5.92 Å². The van der Waals surface area contributed by atoms with Gasteiger partial charge in [-0.3, -0.25) is 4.57 Å². The Morgan fingerprint density at radius 2 is 2.12 bits per heavy atom. The van der Waals surface area contributed by atoms with Gasteiger partial charge in [-0.15, -0.1) is 0 Å². The molecule has 1 aliphatic heterocycles. The summed E-state index contributed by atoms with van der Waals surface area (Å²) in [5.74, 6) is -0.300. The van der Waals surface area contributed by atoms with E-state index in [2.05, 4.69) is 15.0 Å². The van der Waals surface area contributed by atoms with Crippen LogP contribution in [-0.2, 0) is 9.47 Å². The van der Waals surface area contributed by atoms with Crippen molar-refractivity contribution >= 4 is 34.7 Å². The van der Waals surface area contributed by atoms with Crippen molar-refractivity contribution in [3.8, 4) is 0 Å². The molecule has 0 aliphatic carbocycles. The third-order valence-electron chi connectivity index (χ3n) is 4.26. The first-order valence-electron chi connectivity index (χ1n) is 8.10. The number of benzene rings is 1. The van der Waals surface area contributed by atoms with Crippen molar-refractivity contribution in [3.05, 3.63) is 47.4 Å². The lowest BCUT2D eigenvalue weighted by Crippen LogP contribution is -2.18. The molecule has 1 saturated heterocycles. The number of carbonyl (C=O) groups excluding carboxylic acids is 1. The molecule has 26 heavy (non-hydrogen) atoms. The molecule has 0 unspecified atom stereocenters. The van der Waals surface area contributed by atoms with Gasteiger partial charge < -0.3 is 15.2 Å². The van der Waals surface area contributed by atoms with Gasteiger partial charge in [0.15, 0.2) is 10.8 Å². The maximum absolute atomic E-state index is 12.2. The first kappa shape index (κ1) is 16.7. The van der Waals surface area contributed by atoms with E-state index in [9.17, 15) is 4.79 Å². The monoisotopic (exact) mass is 373 g/mol. The minimum Gasteiger partial charge on any atom is -0.432 e. The smallest absolute Gasteiger partial charge is 0.340 e. The second kappa shape index (κ2) is 6.54. The molecule has 4 rings (SSSR count). The normalized spacial score (nSPS) is 22.6. The van der Waals surface area contributed by atoms with Crippen molar-refractivity contribution in [2.75, 3.05) is 5.73 Å². The summed E-state index contributed by atoms with van der Waals surface area (Å²) in [6, 6.07) is 8.79. The van der Waals surface area contributed by atoms with E-state index in [0.717, 1.165) is 0 Å². The first-order chi connectivity index (χ1) is 12.5. The Labute approximate surface area is 153 Å². The van der Waals surface area contributed by atoms with Crippen LogP contribution in [0.2, 0.25) is 5.15 Å². The minimum atomic E-state index is -0.658. The summed E-state index contributed by atoms with van der Waals surface area (Å²) in [7, 11) is 0. The molecule has 2 aromatic heterocycles. The van der Waals surface area contributed by atoms with Gasteiger partial charge in [0.1, 0.15) is 11.7 Å². The summed E-state index contributed by atoms with van der Waals surface area (Å²) in [6.07, 6.45) is 1.07. The highest BCUT2D eigenvalue weighted by molar-refractivity contribution is 6.33. The van der Waals surface area contributed by atoms with Crippen molar-refractivity contribution in [1.29, 1.82) is 0 Å². The van der Waals surface area contributed by atoms with Crippen molar-refractivity contribution in [3.63, 3.8) is 0 Å². The minimum absolute atomic E-state index is 0.0574. The van der Waals surface area contributed by atoms with E-state index < -0.39 is 18.5 Å². The second-order valence-corrected chi connectivity index (χ2v) is 6.50. The lowest BCUT2D eigenvalue weighted by Gasteiger charge is -2.17. The molecule has 0 saturated carbocycles. The van der Waals surface area contributed by atoms with Crippen molar-refractivity contribution in [2.45, 2.75) is 25.9 Å². The Morgan fingerprint density at radius 3 is 2.88 bits per heavy atom. The van der Waals surface area contributed by atoms with Crippen LogP contribution < -0.4 is 5.73 Å². The number of nitrogens with two attached hydrogens (primary N) is 1. The van der Waals surface area contributed by atoms with Gasteiger partial charge in [0.05, 0.1) is 11.9 Å². The standard InChI is InChI=1S/C17H16ClN5O3/c1-9-7-11(26-16(24)10-5-3-2-4-6-10)25-15(9)23-8-20-12-13(18)21-17(19)22-14(12)23/h2-6,8-9,11,15H,7H2,1H3,(H2,19,21,22)/t9-,11+,15+/m0/s1. The third kappa shape index (κ3) is 2.97. The van der Waals surface area contributed by atoms with Gasteiger partial charge in [-0.2, -0.15) is 9.97 Å². The number of aromatic nitrogens is 4. The lowest BCUT2D eigenvalue weighted by atomic mass is 10.1. The predicted molar refractivity (Wildman–Crippen MR) is 94.3 cm³/mol. The number of fused-ring (bicyclic) bond motifs is 1. The van der Waals surface area contributed by atoms with Crippen LogP contribution >= 0.6 is 11.6 Å². The number of hydrogen-bond donors (Lipinski definition) is 1. The zero-order chi connectivity index (χ0) is 18.3. The number of nitrogens with zero attached hydrogens (tertiary/aromatic N) is 4. The molecule has 2 N–H and O–H groups in total. The molecule has 0 spiro atoms. The summed E-state index contributed by atoms with van der Waals surface area (Å²) in [6.45, 7) is 2.00. The summed E-state index contributed by atoms with van der Waals surface area (Å²) < 4.78 is 13.1. The molecule has 3 heterocycles. The van der Waals surface area contributed by atoms with E-state index in [-0.39, 0.29) is 17.0 Å². The quantitative estimate of drug-likeness (QED) is 0.555. The number of esters is 1. The fourth-order valence-corrected chi connectivity index (χ4v) is 3.25. The average molecular weight is 374 g/mol. The Bertz CT molecular complexity index is 962. The van der Waals surface area contributed by atoms with E-state index in [1.54, 1.807) is 35.2 Å². The Kier molecular flexibility index (Phi) is 4.21. The molecular weight excluding hydrogens is 358 g/mol. The molecule has 8 nitrogen and oxygen atoms in total. The lowest BCUT2D eigenvalue weighted by molar-refractivity contribution is -0.122. The van der Waals surface area contributed by atoms with Gasteiger partial charge >= 0.3 is 5.97 Å². The van der Waals surface area contributed by atoms with E-state index >= 15 is 0 Å². The Hall–Kier alpha value is -2.71. The van der Waals surface area contributed by atoms with Crippen LogP contribution in [-0.4, -0.2) is 31.8 Å². The van der Waals surface area contributed by atoms with Gasteiger partial charge in [-0.1, -0.05) is 36.7 Å². The molecule has 3 atom stereocenters. The van der Waals surface area contributed by atoms with Crippen LogP contribution in [0.25, 0.3) is 11.2 Å². The summed E-state index contributed by atoms with van der Waals surface area (Å²) >= 11 is 6.07. The van der Waals surface area contributed by atoms with Crippen molar-refractivity contribution < 1.29 is 14.3 Å². The number of halogens is 1. The fraction of sp³-hybridized carbons (Fsp3) is 0.294. The van der Waals surface area contributed by atoms with Gasteiger partial charge in [0.2, 0.25) is 12.2 Å². The molecule has 134 valence electrons. The molecule has 1 fully saturated rings. The number of nitrogen functional groups attached to an aromatic ring is 1. The number of anilines is 1. The number of carbonyl (C=O) groups is 1. The van der Waals surface area contributed by atoms with Gasteiger partial charge in [0.25, 0.3) is 0 Å². The predicted octanol–water partition coefficient (Wildman–Crippen LogP) is 2.80. The van der Waals surface area contributed by atoms with Crippen molar-refractivity contribution in [2.24, 2.45) is 5.92 Å². The Morgan fingerprint density at radius 1 is 1.35 bits per heavy atom. The van der Waals surface area contributed by atoms with Crippen LogP contribution in [0.5, 0.6) is 0 Å². The largest absolute Gasteiger partial charge is 0.432 e. The maximum atomic E-state index is 12.2. The molecule has 0 bridgehead atoms. The van der Waals surface area contributed by atoms with Crippen LogP contribution in [0.4, 0.5) is 5.95 Å². The Balaban J connectivity index is 1.55. The molecule has 1 aromatic carbocycles. The summed E-state index contributed by atoms with van der Waals surface area (Å²) in [5.41, 5.74) is 7.09. The zero-order valence-corrected chi connectivity index (χ0v) is 14.6. The maximum Gasteiger partial charge on any atom is 0.340 e. The third-order valence-corrected chi connectivity index (χ3v) is 4.52. The average Bonchev–Trinajstić information content (AvgIpc) is 3.19. The molecule has 1 aliphatic rings. The number of rotatable bonds is 3. The molecule has 3 aromatic rings. The second-order valence-electron chi connectivity index (χ2n) is 6.14. The van der Waals surface area contributed by atoms with Crippen molar-refractivity contribution in [1.82, 2.24) is 19.5 Å². The van der Waals surface area contributed by atoms with E-state index in [4.69, 9.17) is 26.8 Å². The van der Waals surface area contributed by atoms with E-state index in [1.165, 1.54) is 0 Å². The molecule has 0 radical (unpaired) electrons.